The summed E-state index contributed by atoms with van der Waals surface area (Å²) in [5.74, 6) is -1.59. The summed E-state index contributed by atoms with van der Waals surface area (Å²) in [5.41, 5.74) is 1.59. The highest BCUT2D eigenvalue weighted by atomic mass is 19.1. The molecule has 2 N–H and O–H groups in total. The second kappa shape index (κ2) is 9.96. The van der Waals surface area contributed by atoms with Crippen LogP contribution in [0, 0.1) is 23.5 Å². The average molecular weight is 554 g/mol. The second-order valence-electron chi connectivity index (χ2n) is 10.5. The van der Waals surface area contributed by atoms with Crippen molar-refractivity contribution in [3.05, 3.63) is 101 Å². The number of hydrogen-bond acceptors (Lipinski definition) is 5. The molecule has 10 heteroatoms. The van der Waals surface area contributed by atoms with Crippen LogP contribution in [-0.4, -0.2) is 40.1 Å². The summed E-state index contributed by atoms with van der Waals surface area (Å²) >= 11 is 0. The van der Waals surface area contributed by atoms with Crippen molar-refractivity contribution in [1.29, 1.82) is 0 Å². The smallest absolute Gasteiger partial charge is 0.269 e. The van der Waals surface area contributed by atoms with Gasteiger partial charge in [0.05, 0.1) is 24.6 Å². The molecule has 1 aromatic heterocycles. The minimum absolute atomic E-state index is 0.0153. The van der Waals surface area contributed by atoms with Crippen LogP contribution in [-0.2, 0) is 11.3 Å². The van der Waals surface area contributed by atoms with Gasteiger partial charge in [0.1, 0.15) is 22.9 Å². The molecule has 1 unspecified atom stereocenters. The van der Waals surface area contributed by atoms with Gasteiger partial charge in [-0.2, -0.15) is 5.10 Å². The number of aromatic nitrogens is 2. The van der Waals surface area contributed by atoms with Crippen LogP contribution < -0.4 is 15.4 Å². The third kappa shape index (κ3) is 4.55. The standard InChI is InChI=1S/C31H25F2N5O3/c32-22-11-5-4-9-20(22)27-24(31-38(37-27)15-19(16-41-31)17-13-14-17)29(39)36-28-30(40)35-26-21(10-6-12-23(26)33)25(34-28)18-7-2-1-3-8-18/h1-12,17,19,28H,13-16H2,(H,35,40)(H,36,39)/t19?,28-/m1/s1. The van der Waals surface area contributed by atoms with Crippen molar-refractivity contribution in [2.75, 3.05) is 11.9 Å². The Kier molecular flexibility index (Phi) is 6.10. The van der Waals surface area contributed by atoms with E-state index in [-0.39, 0.29) is 34.3 Å². The maximum atomic E-state index is 15.0. The number of aliphatic imine (C=N–C) groups is 1. The summed E-state index contributed by atoms with van der Waals surface area (Å²) in [6.07, 6.45) is 0.829. The quantitative estimate of drug-likeness (QED) is 0.371. The fourth-order valence-corrected chi connectivity index (χ4v) is 5.49. The van der Waals surface area contributed by atoms with Gasteiger partial charge in [-0.05, 0) is 37.0 Å². The maximum absolute atomic E-state index is 15.0. The summed E-state index contributed by atoms with van der Waals surface area (Å²) in [6.45, 7) is 0.964. The number of carbonyl (C=O) groups is 2. The summed E-state index contributed by atoms with van der Waals surface area (Å²) in [5, 5.41) is 9.86. The lowest BCUT2D eigenvalue weighted by Crippen LogP contribution is -2.42. The van der Waals surface area contributed by atoms with Crippen LogP contribution in [0.4, 0.5) is 14.5 Å². The Hall–Kier alpha value is -4.86. The normalized spacial score (nSPS) is 19.7. The number of fused-ring (bicyclic) bond motifs is 2. The molecule has 2 aliphatic heterocycles. The van der Waals surface area contributed by atoms with E-state index in [1.54, 1.807) is 53.2 Å². The minimum atomic E-state index is -1.42. The molecule has 1 aliphatic carbocycles. The van der Waals surface area contributed by atoms with E-state index >= 15 is 0 Å². The van der Waals surface area contributed by atoms with E-state index in [0.29, 0.717) is 35.9 Å². The Morgan fingerprint density at radius 3 is 2.44 bits per heavy atom. The molecule has 0 radical (unpaired) electrons. The highest BCUT2D eigenvalue weighted by Crippen LogP contribution is 2.42. The number of nitrogens with one attached hydrogen (secondary N) is 2. The Bertz CT molecular complexity index is 1710. The zero-order chi connectivity index (χ0) is 28.1. The Labute approximate surface area is 234 Å². The van der Waals surface area contributed by atoms with Gasteiger partial charge < -0.3 is 15.4 Å². The van der Waals surface area contributed by atoms with Gasteiger partial charge in [0.15, 0.2) is 0 Å². The Morgan fingerprint density at radius 1 is 0.927 bits per heavy atom. The number of rotatable bonds is 5. The lowest BCUT2D eigenvalue weighted by Gasteiger charge is -2.24. The summed E-state index contributed by atoms with van der Waals surface area (Å²) in [4.78, 5) is 31.9. The van der Waals surface area contributed by atoms with Crippen molar-refractivity contribution < 1.29 is 23.1 Å². The monoisotopic (exact) mass is 553 g/mol. The molecule has 3 aromatic carbocycles. The third-order valence-electron chi connectivity index (χ3n) is 7.73. The molecule has 2 amide bonds. The van der Waals surface area contributed by atoms with Gasteiger partial charge in [-0.15, -0.1) is 0 Å². The number of hydrogen-bond donors (Lipinski definition) is 2. The Morgan fingerprint density at radius 2 is 1.66 bits per heavy atom. The van der Waals surface area contributed by atoms with Crippen LogP contribution in [0.2, 0.25) is 0 Å². The molecule has 1 fully saturated rings. The van der Waals surface area contributed by atoms with Crippen LogP contribution >= 0.6 is 0 Å². The van der Waals surface area contributed by atoms with Crippen molar-refractivity contribution >= 4 is 23.2 Å². The lowest BCUT2D eigenvalue weighted by molar-refractivity contribution is -0.117. The van der Waals surface area contributed by atoms with Gasteiger partial charge in [-0.1, -0.05) is 54.6 Å². The summed E-state index contributed by atoms with van der Waals surface area (Å²) in [6, 6.07) is 19.5. The fourth-order valence-electron chi connectivity index (χ4n) is 5.49. The number of halogens is 2. The van der Waals surface area contributed by atoms with Gasteiger partial charge in [0.25, 0.3) is 11.8 Å². The van der Waals surface area contributed by atoms with Gasteiger partial charge in [-0.3, -0.25) is 9.59 Å². The second-order valence-corrected chi connectivity index (χ2v) is 10.5. The van der Waals surface area contributed by atoms with Crippen molar-refractivity contribution in [3.8, 4) is 17.1 Å². The van der Waals surface area contributed by atoms with E-state index in [2.05, 4.69) is 20.7 Å². The molecule has 3 aliphatic rings. The van der Waals surface area contributed by atoms with E-state index in [4.69, 9.17) is 4.74 Å². The topological polar surface area (TPSA) is 97.6 Å². The average Bonchev–Trinajstić information content (AvgIpc) is 3.78. The molecule has 2 atom stereocenters. The molecule has 1 saturated carbocycles. The van der Waals surface area contributed by atoms with Gasteiger partial charge >= 0.3 is 0 Å². The number of benzene rings is 3. The third-order valence-corrected chi connectivity index (χ3v) is 7.73. The number of para-hydroxylation sites is 1. The molecular weight excluding hydrogens is 528 g/mol. The van der Waals surface area contributed by atoms with Crippen LogP contribution in [0.25, 0.3) is 11.3 Å². The van der Waals surface area contributed by atoms with Crippen molar-refractivity contribution in [2.45, 2.75) is 25.6 Å². The van der Waals surface area contributed by atoms with Crippen LogP contribution in [0.1, 0.15) is 34.3 Å². The first-order valence-corrected chi connectivity index (χ1v) is 13.5. The molecule has 41 heavy (non-hydrogen) atoms. The molecule has 0 bridgehead atoms. The highest BCUT2D eigenvalue weighted by Gasteiger charge is 2.39. The van der Waals surface area contributed by atoms with Crippen LogP contribution in [0.3, 0.4) is 0 Å². The summed E-state index contributed by atoms with van der Waals surface area (Å²) in [7, 11) is 0. The number of anilines is 1. The van der Waals surface area contributed by atoms with Crippen molar-refractivity contribution in [1.82, 2.24) is 15.1 Å². The molecule has 206 valence electrons. The Balaban J connectivity index is 1.30. The van der Waals surface area contributed by atoms with E-state index in [0.717, 1.165) is 12.8 Å². The van der Waals surface area contributed by atoms with E-state index in [1.807, 2.05) is 6.07 Å². The molecule has 8 nitrogen and oxygen atoms in total. The maximum Gasteiger partial charge on any atom is 0.269 e. The van der Waals surface area contributed by atoms with Gasteiger partial charge in [0, 0.05) is 22.6 Å². The van der Waals surface area contributed by atoms with Gasteiger partial charge in [0.2, 0.25) is 12.0 Å². The molecule has 3 heterocycles. The van der Waals surface area contributed by atoms with Crippen molar-refractivity contribution in [3.63, 3.8) is 0 Å². The SMILES string of the molecule is O=C(N[C@H]1N=C(c2ccccc2)c2cccc(F)c2NC1=O)c1c(-c2ccccc2F)nn2c1OCC(C1CC1)C2. The molecule has 0 saturated heterocycles. The number of nitrogens with zero attached hydrogens (tertiary/aromatic N) is 3. The van der Waals surface area contributed by atoms with Gasteiger partial charge in [-0.25, -0.2) is 18.5 Å². The van der Waals surface area contributed by atoms with E-state index in [1.165, 1.54) is 18.2 Å². The molecule has 4 aromatic rings. The minimum Gasteiger partial charge on any atom is -0.477 e. The first-order chi connectivity index (χ1) is 20.0. The lowest BCUT2D eigenvalue weighted by atomic mass is 10.0. The predicted octanol–water partition coefficient (Wildman–Crippen LogP) is 4.79. The molecule has 7 rings (SSSR count). The number of carbonyl (C=O) groups excluding carboxylic acids is 2. The molecular formula is C31H25F2N5O3. The summed E-state index contributed by atoms with van der Waals surface area (Å²) < 4.78 is 37.5. The number of ether oxygens (including phenoxy) is 1. The highest BCUT2D eigenvalue weighted by molar-refractivity contribution is 6.20. The van der Waals surface area contributed by atoms with Crippen LogP contribution in [0.15, 0.2) is 77.8 Å². The zero-order valence-corrected chi connectivity index (χ0v) is 21.8. The first-order valence-electron chi connectivity index (χ1n) is 13.5. The number of benzodiazepines with no additional fused rings is 1. The van der Waals surface area contributed by atoms with E-state index < -0.39 is 29.6 Å². The largest absolute Gasteiger partial charge is 0.477 e. The first kappa shape index (κ1) is 25.1. The van der Waals surface area contributed by atoms with Crippen LogP contribution in [0.5, 0.6) is 5.88 Å². The number of amides is 2. The zero-order valence-electron chi connectivity index (χ0n) is 21.8. The van der Waals surface area contributed by atoms with E-state index in [9.17, 15) is 18.4 Å². The van der Waals surface area contributed by atoms with Crippen molar-refractivity contribution in [2.24, 2.45) is 16.8 Å². The molecule has 0 spiro atoms. The predicted molar refractivity (Wildman–Crippen MR) is 148 cm³/mol. The fraction of sp³-hybridized carbons (Fsp3) is 0.226.